The van der Waals surface area contributed by atoms with E-state index in [9.17, 15) is 9.90 Å². The molecule has 1 unspecified atom stereocenters. The summed E-state index contributed by atoms with van der Waals surface area (Å²) in [4.78, 5) is 11.3. The molecular weight excluding hydrogens is 282 g/mol. The monoisotopic (exact) mass is 299 g/mol. The van der Waals surface area contributed by atoms with Crippen LogP contribution in [0.2, 0.25) is 0 Å². The molecule has 0 radical (unpaired) electrons. The molecule has 1 atom stereocenters. The number of rotatable bonds is 6. The first-order chi connectivity index (χ1) is 8.08. The number of halogens is 1. The molecule has 2 N–H and O–H groups in total. The highest BCUT2D eigenvalue weighted by atomic mass is 79.9. The van der Waals surface area contributed by atoms with Crippen molar-refractivity contribution in [2.75, 3.05) is 5.32 Å². The molecule has 4 heteroatoms. The van der Waals surface area contributed by atoms with Crippen LogP contribution in [-0.2, 0) is 4.79 Å². The Morgan fingerprint density at radius 2 is 1.82 bits per heavy atom. The van der Waals surface area contributed by atoms with E-state index in [0.717, 1.165) is 23.0 Å². The van der Waals surface area contributed by atoms with Gasteiger partial charge in [-0.3, -0.25) is 0 Å². The predicted molar refractivity (Wildman–Crippen MR) is 73.3 cm³/mol. The second kappa shape index (κ2) is 6.64. The van der Waals surface area contributed by atoms with Gasteiger partial charge in [-0.05, 0) is 30.2 Å². The largest absolute Gasteiger partial charge is 0.480 e. The van der Waals surface area contributed by atoms with E-state index in [1.807, 2.05) is 38.1 Å². The van der Waals surface area contributed by atoms with Gasteiger partial charge in [0.25, 0.3) is 0 Å². The van der Waals surface area contributed by atoms with Crippen LogP contribution in [0.1, 0.15) is 26.7 Å². The van der Waals surface area contributed by atoms with E-state index in [-0.39, 0.29) is 5.92 Å². The number of aliphatic carboxylic acids is 1. The molecule has 0 heterocycles. The van der Waals surface area contributed by atoms with Crippen molar-refractivity contribution in [3.8, 4) is 0 Å². The number of benzene rings is 1. The quantitative estimate of drug-likeness (QED) is 0.841. The molecule has 0 aliphatic heterocycles. The van der Waals surface area contributed by atoms with Crippen LogP contribution < -0.4 is 5.32 Å². The second-order valence-corrected chi connectivity index (χ2v) is 4.96. The number of anilines is 1. The molecular formula is C13H18BrNO2. The highest BCUT2D eigenvalue weighted by molar-refractivity contribution is 9.10. The highest BCUT2D eigenvalue weighted by Gasteiger charge is 2.25. The average molecular weight is 300 g/mol. The Balaban J connectivity index is 2.79. The summed E-state index contributed by atoms with van der Waals surface area (Å²) in [6, 6.07) is 7.03. The third-order valence-electron chi connectivity index (χ3n) is 2.95. The van der Waals surface area contributed by atoms with Crippen LogP contribution in [0.3, 0.4) is 0 Å². The van der Waals surface area contributed by atoms with Gasteiger partial charge in [0.05, 0.1) is 0 Å². The summed E-state index contributed by atoms with van der Waals surface area (Å²) in [5, 5.41) is 12.3. The smallest absolute Gasteiger partial charge is 0.326 e. The average Bonchev–Trinajstić information content (AvgIpc) is 2.31. The number of carboxylic acids is 1. The van der Waals surface area contributed by atoms with Crippen LogP contribution >= 0.6 is 15.9 Å². The third-order valence-corrected chi connectivity index (χ3v) is 3.48. The molecule has 0 bridgehead atoms. The fourth-order valence-corrected chi connectivity index (χ4v) is 2.13. The number of carboxylic acid groups (broad SMARTS) is 1. The van der Waals surface area contributed by atoms with Gasteiger partial charge in [-0.1, -0.05) is 42.6 Å². The number of carbonyl (C=O) groups is 1. The Labute approximate surface area is 110 Å². The van der Waals surface area contributed by atoms with Crippen molar-refractivity contribution in [1.29, 1.82) is 0 Å². The van der Waals surface area contributed by atoms with E-state index in [1.165, 1.54) is 0 Å². The van der Waals surface area contributed by atoms with E-state index in [0.29, 0.717) is 0 Å². The topological polar surface area (TPSA) is 49.3 Å². The van der Waals surface area contributed by atoms with E-state index in [1.54, 1.807) is 0 Å². The zero-order valence-electron chi connectivity index (χ0n) is 10.1. The molecule has 0 aliphatic rings. The highest BCUT2D eigenvalue weighted by Crippen LogP contribution is 2.20. The number of nitrogens with one attached hydrogen (secondary N) is 1. The van der Waals surface area contributed by atoms with Crippen molar-refractivity contribution in [2.24, 2.45) is 5.92 Å². The van der Waals surface area contributed by atoms with Crippen LogP contribution in [0, 0.1) is 5.92 Å². The molecule has 0 saturated heterocycles. The van der Waals surface area contributed by atoms with E-state index in [2.05, 4.69) is 21.2 Å². The van der Waals surface area contributed by atoms with E-state index < -0.39 is 12.0 Å². The Morgan fingerprint density at radius 3 is 2.24 bits per heavy atom. The van der Waals surface area contributed by atoms with Crippen LogP contribution in [0.5, 0.6) is 0 Å². The molecule has 17 heavy (non-hydrogen) atoms. The van der Waals surface area contributed by atoms with Crippen molar-refractivity contribution in [2.45, 2.75) is 32.7 Å². The van der Waals surface area contributed by atoms with E-state index in [4.69, 9.17) is 0 Å². The van der Waals surface area contributed by atoms with Gasteiger partial charge in [0.15, 0.2) is 0 Å². The molecule has 1 aromatic carbocycles. The fraction of sp³-hybridized carbons (Fsp3) is 0.462. The molecule has 0 fully saturated rings. The van der Waals surface area contributed by atoms with Gasteiger partial charge in [-0.25, -0.2) is 4.79 Å². The van der Waals surface area contributed by atoms with Gasteiger partial charge < -0.3 is 10.4 Å². The van der Waals surface area contributed by atoms with Crippen molar-refractivity contribution in [3.05, 3.63) is 28.7 Å². The van der Waals surface area contributed by atoms with E-state index >= 15 is 0 Å². The lowest BCUT2D eigenvalue weighted by atomic mass is 9.94. The predicted octanol–water partition coefficient (Wildman–Crippen LogP) is 3.75. The summed E-state index contributed by atoms with van der Waals surface area (Å²) in [6.45, 7) is 4.04. The van der Waals surface area contributed by atoms with Crippen LogP contribution in [0.15, 0.2) is 28.7 Å². The molecule has 0 aliphatic carbocycles. The Bertz CT molecular complexity index is 360. The van der Waals surface area contributed by atoms with Gasteiger partial charge in [0.2, 0.25) is 0 Å². The summed E-state index contributed by atoms with van der Waals surface area (Å²) < 4.78 is 0.984. The normalized spacial score (nSPS) is 12.5. The van der Waals surface area contributed by atoms with Gasteiger partial charge in [-0.15, -0.1) is 0 Å². The Kier molecular flexibility index (Phi) is 5.48. The second-order valence-electron chi connectivity index (χ2n) is 4.04. The minimum Gasteiger partial charge on any atom is -0.480 e. The van der Waals surface area contributed by atoms with Gasteiger partial charge in [0, 0.05) is 10.2 Å². The minimum absolute atomic E-state index is 0.149. The minimum atomic E-state index is -0.790. The first kappa shape index (κ1) is 14.0. The molecule has 0 aromatic heterocycles. The lowest BCUT2D eigenvalue weighted by Gasteiger charge is -2.23. The SMILES string of the molecule is CCC(CC)C(Nc1ccc(Br)cc1)C(=O)O. The summed E-state index contributed by atoms with van der Waals surface area (Å²) in [5.41, 5.74) is 0.840. The Morgan fingerprint density at radius 1 is 1.29 bits per heavy atom. The van der Waals surface area contributed by atoms with Crippen molar-refractivity contribution >= 4 is 27.6 Å². The summed E-state index contributed by atoms with van der Waals surface area (Å²) >= 11 is 3.35. The van der Waals surface area contributed by atoms with Crippen molar-refractivity contribution < 1.29 is 9.90 Å². The third kappa shape index (κ3) is 4.04. The molecule has 0 saturated carbocycles. The fourth-order valence-electron chi connectivity index (χ4n) is 1.87. The molecule has 1 rings (SSSR count). The zero-order valence-corrected chi connectivity index (χ0v) is 11.7. The van der Waals surface area contributed by atoms with Crippen molar-refractivity contribution in [3.63, 3.8) is 0 Å². The van der Waals surface area contributed by atoms with Crippen LogP contribution in [0.4, 0.5) is 5.69 Å². The maximum atomic E-state index is 11.3. The standard InChI is InChI=1S/C13H18BrNO2/c1-3-9(4-2)12(13(16)17)15-11-7-5-10(14)6-8-11/h5-9,12,15H,3-4H2,1-2H3,(H,16,17). The summed E-state index contributed by atoms with van der Waals surface area (Å²) in [5.74, 6) is -0.641. The van der Waals surface area contributed by atoms with Gasteiger partial charge >= 0.3 is 5.97 Å². The van der Waals surface area contributed by atoms with Crippen molar-refractivity contribution in [1.82, 2.24) is 0 Å². The lowest BCUT2D eigenvalue weighted by Crippen LogP contribution is -2.36. The molecule has 3 nitrogen and oxygen atoms in total. The maximum Gasteiger partial charge on any atom is 0.326 e. The molecule has 0 amide bonds. The van der Waals surface area contributed by atoms with Crippen LogP contribution in [0.25, 0.3) is 0 Å². The zero-order chi connectivity index (χ0) is 12.8. The summed E-state index contributed by atoms with van der Waals surface area (Å²) in [7, 11) is 0. The van der Waals surface area contributed by atoms with Gasteiger partial charge in [-0.2, -0.15) is 0 Å². The van der Waals surface area contributed by atoms with Gasteiger partial charge in [0.1, 0.15) is 6.04 Å². The number of hydrogen-bond donors (Lipinski definition) is 2. The first-order valence-corrected chi connectivity index (χ1v) is 6.62. The summed E-state index contributed by atoms with van der Waals surface area (Å²) in [6.07, 6.45) is 1.72. The molecule has 1 aromatic rings. The van der Waals surface area contributed by atoms with Crippen LogP contribution in [-0.4, -0.2) is 17.1 Å². The lowest BCUT2D eigenvalue weighted by molar-refractivity contribution is -0.139. The molecule has 0 spiro atoms. The number of hydrogen-bond acceptors (Lipinski definition) is 2. The molecule has 94 valence electrons. The first-order valence-electron chi connectivity index (χ1n) is 5.83. The maximum absolute atomic E-state index is 11.3. The Hall–Kier alpha value is -1.03.